The van der Waals surface area contributed by atoms with Gasteiger partial charge in [-0.15, -0.1) is 0 Å². The second-order valence-corrected chi connectivity index (χ2v) is 13.0. The quantitative estimate of drug-likeness (QED) is 0.240. The normalized spacial score (nSPS) is 19.7. The van der Waals surface area contributed by atoms with E-state index < -0.39 is 41.4 Å². The molecule has 4 rings (SSSR count). The highest BCUT2D eigenvalue weighted by Gasteiger charge is 2.46. The van der Waals surface area contributed by atoms with Crippen LogP contribution < -0.4 is 10.6 Å². The van der Waals surface area contributed by atoms with E-state index in [9.17, 15) is 29.0 Å². The molecule has 43 heavy (non-hydrogen) atoms. The van der Waals surface area contributed by atoms with Crippen molar-refractivity contribution in [2.75, 3.05) is 13.2 Å². The van der Waals surface area contributed by atoms with Crippen LogP contribution in [0.1, 0.15) is 82.4 Å². The molecule has 0 aromatic heterocycles. The van der Waals surface area contributed by atoms with Gasteiger partial charge in [-0.05, 0) is 60.6 Å². The van der Waals surface area contributed by atoms with E-state index in [2.05, 4.69) is 10.6 Å². The zero-order valence-corrected chi connectivity index (χ0v) is 25.7. The number of carboxylic acid groups (broad SMARTS) is 1. The average molecular weight is 616 g/mol. The lowest BCUT2D eigenvalue weighted by Gasteiger charge is -2.45. The highest BCUT2D eigenvalue weighted by molar-refractivity contribution is 6.30. The summed E-state index contributed by atoms with van der Waals surface area (Å²) in [7, 11) is 0. The molecule has 2 aromatic carbocycles. The first-order valence-corrected chi connectivity index (χ1v) is 15.6. The van der Waals surface area contributed by atoms with Crippen LogP contribution in [0.15, 0.2) is 48.5 Å². The molecule has 4 atom stereocenters. The van der Waals surface area contributed by atoms with Crippen molar-refractivity contribution in [1.29, 1.82) is 0 Å². The molecule has 8 nitrogen and oxygen atoms in total. The van der Waals surface area contributed by atoms with E-state index in [4.69, 9.17) is 11.6 Å². The number of hydrogen-bond acceptors (Lipinski definition) is 4. The van der Waals surface area contributed by atoms with Crippen molar-refractivity contribution in [3.63, 3.8) is 0 Å². The number of hydrogen-bond donors (Lipinski definition) is 4. The molecule has 2 fully saturated rings. The van der Waals surface area contributed by atoms with Gasteiger partial charge in [-0.25, -0.2) is 9.18 Å². The number of aliphatic hydroxyl groups is 1. The van der Waals surface area contributed by atoms with E-state index in [1.807, 2.05) is 19.9 Å². The van der Waals surface area contributed by atoms with Crippen LogP contribution in [0, 0.1) is 17.7 Å². The van der Waals surface area contributed by atoms with Crippen LogP contribution in [-0.2, 0) is 15.0 Å². The van der Waals surface area contributed by atoms with Gasteiger partial charge in [0.15, 0.2) is 0 Å². The highest BCUT2D eigenvalue weighted by Crippen LogP contribution is 2.44. The van der Waals surface area contributed by atoms with Crippen molar-refractivity contribution in [2.24, 2.45) is 11.8 Å². The Hall–Kier alpha value is -3.17. The number of carbonyl (C=O) groups is 3. The van der Waals surface area contributed by atoms with Gasteiger partial charge in [0.1, 0.15) is 11.9 Å². The Balaban J connectivity index is 1.77. The summed E-state index contributed by atoms with van der Waals surface area (Å²) in [6.45, 7) is 3.89. The fourth-order valence-electron chi connectivity index (χ4n) is 6.85. The van der Waals surface area contributed by atoms with Gasteiger partial charge in [-0.2, -0.15) is 0 Å². The predicted octanol–water partition coefficient (Wildman–Crippen LogP) is 5.82. The summed E-state index contributed by atoms with van der Waals surface area (Å²) in [5, 5.41) is 27.2. The van der Waals surface area contributed by atoms with Gasteiger partial charge in [0, 0.05) is 22.9 Å². The van der Waals surface area contributed by atoms with Gasteiger partial charge in [-0.3, -0.25) is 14.5 Å². The fourth-order valence-corrected chi connectivity index (χ4v) is 7.04. The molecule has 1 saturated heterocycles. The molecule has 2 aromatic rings. The highest BCUT2D eigenvalue weighted by atomic mass is 35.5. The van der Waals surface area contributed by atoms with Gasteiger partial charge in [-0.1, -0.05) is 81.8 Å². The second-order valence-electron chi connectivity index (χ2n) is 12.5. The molecule has 0 spiro atoms. The van der Waals surface area contributed by atoms with E-state index in [0.717, 1.165) is 37.7 Å². The number of amides is 3. The summed E-state index contributed by atoms with van der Waals surface area (Å²) in [6.07, 6.45) is 4.70. The smallest absolute Gasteiger partial charge is 0.408 e. The minimum atomic E-state index is -1.31. The van der Waals surface area contributed by atoms with Crippen LogP contribution in [0.2, 0.25) is 5.02 Å². The first-order valence-electron chi connectivity index (χ1n) is 15.2. The first-order chi connectivity index (χ1) is 20.5. The molecule has 0 radical (unpaired) electrons. The number of nitrogens with zero attached hydrogens (tertiary/aromatic N) is 1. The van der Waals surface area contributed by atoms with E-state index in [1.165, 1.54) is 23.1 Å². The molecular weight excluding hydrogens is 573 g/mol. The van der Waals surface area contributed by atoms with Gasteiger partial charge in [0.05, 0.1) is 18.7 Å². The molecular formula is C33H43ClFN3O5. The van der Waals surface area contributed by atoms with E-state index in [0.29, 0.717) is 23.6 Å². The summed E-state index contributed by atoms with van der Waals surface area (Å²) in [5.74, 6) is -1.38. The molecule has 1 heterocycles. The molecule has 3 amide bonds. The zero-order chi connectivity index (χ0) is 31.1. The van der Waals surface area contributed by atoms with Crippen molar-refractivity contribution in [3.8, 4) is 0 Å². The third-order valence-electron chi connectivity index (χ3n) is 9.13. The molecule has 1 aliphatic heterocycles. The number of nitrogens with one attached hydrogen (secondary N) is 2. The maximum atomic E-state index is 14.7. The van der Waals surface area contributed by atoms with E-state index in [1.54, 1.807) is 24.3 Å². The molecule has 10 heteroatoms. The van der Waals surface area contributed by atoms with Gasteiger partial charge >= 0.3 is 6.09 Å². The monoisotopic (exact) mass is 615 g/mol. The lowest BCUT2D eigenvalue weighted by atomic mass is 9.73. The molecule has 1 aliphatic carbocycles. The van der Waals surface area contributed by atoms with Crippen LogP contribution in [0.3, 0.4) is 0 Å². The fraction of sp³-hybridized carbons (Fsp3) is 0.545. The SMILES string of the molecule is CC(C)(c1cccc(Cl)c1)[C@@H](c1cccc(F)c1)N(C(=O)O)[C@@H](CC1CCCCC1)C(=O)N[C@H](CO)C[C@@H]1CCNC1=O. The third kappa shape index (κ3) is 8.06. The first kappa shape index (κ1) is 32.7. The van der Waals surface area contributed by atoms with Crippen LogP contribution in [-0.4, -0.2) is 58.3 Å². The Morgan fingerprint density at radius 3 is 2.42 bits per heavy atom. The minimum Gasteiger partial charge on any atom is -0.465 e. The largest absolute Gasteiger partial charge is 0.465 e. The van der Waals surface area contributed by atoms with Crippen LogP contribution >= 0.6 is 11.6 Å². The Labute approximate surface area is 258 Å². The number of benzene rings is 2. The zero-order valence-electron chi connectivity index (χ0n) is 24.9. The summed E-state index contributed by atoms with van der Waals surface area (Å²) < 4.78 is 14.7. The molecule has 4 N–H and O–H groups in total. The van der Waals surface area contributed by atoms with Crippen molar-refractivity contribution in [3.05, 3.63) is 70.5 Å². The lowest BCUT2D eigenvalue weighted by Crippen LogP contribution is -2.57. The standard InChI is InChI=1S/C33H43ClFN3O5/c1-33(2,24-11-7-12-25(34)19-24)29(22-10-6-13-26(35)17-22)38(32(42)43)28(16-21-8-4-3-5-9-21)31(41)37-27(20-39)18-23-14-15-36-30(23)40/h6-7,10-13,17,19,21,23,27-29,39H,3-5,8-9,14-16,18,20H2,1-2H3,(H,36,40)(H,37,41)(H,42,43)/t23-,27-,28-,29+/m0/s1. The maximum absolute atomic E-state index is 14.7. The predicted molar refractivity (Wildman–Crippen MR) is 163 cm³/mol. The molecule has 0 bridgehead atoms. The lowest BCUT2D eigenvalue weighted by molar-refractivity contribution is -0.130. The summed E-state index contributed by atoms with van der Waals surface area (Å²) in [5.41, 5.74) is 0.202. The van der Waals surface area contributed by atoms with Crippen LogP contribution in [0.25, 0.3) is 0 Å². The van der Waals surface area contributed by atoms with E-state index >= 15 is 0 Å². The van der Waals surface area contributed by atoms with Gasteiger partial charge in [0.25, 0.3) is 0 Å². The number of rotatable bonds is 12. The molecule has 1 saturated carbocycles. The van der Waals surface area contributed by atoms with E-state index in [-0.39, 0.29) is 37.2 Å². The maximum Gasteiger partial charge on any atom is 0.408 e. The molecule has 0 unspecified atom stereocenters. The summed E-state index contributed by atoms with van der Waals surface area (Å²) >= 11 is 6.36. The van der Waals surface area contributed by atoms with Crippen molar-refractivity contribution in [2.45, 2.75) is 88.8 Å². The third-order valence-corrected chi connectivity index (χ3v) is 9.37. The Kier molecular flexibility index (Phi) is 11.1. The van der Waals surface area contributed by atoms with Crippen molar-refractivity contribution >= 4 is 29.5 Å². The van der Waals surface area contributed by atoms with Crippen LogP contribution in [0.4, 0.5) is 9.18 Å². The molecule has 234 valence electrons. The summed E-state index contributed by atoms with van der Waals surface area (Å²) in [6, 6.07) is 10.1. The van der Waals surface area contributed by atoms with Gasteiger partial charge in [0.2, 0.25) is 11.8 Å². The number of aliphatic hydroxyl groups excluding tert-OH is 1. The average Bonchev–Trinajstić information content (AvgIpc) is 3.38. The molecule has 2 aliphatic rings. The van der Waals surface area contributed by atoms with Crippen LogP contribution in [0.5, 0.6) is 0 Å². The van der Waals surface area contributed by atoms with Crippen molar-refractivity contribution in [1.82, 2.24) is 15.5 Å². The topological polar surface area (TPSA) is 119 Å². The Morgan fingerprint density at radius 1 is 1.09 bits per heavy atom. The number of carbonyl (C=O) groups excluding carboxylic acids is 2. The minimum absolute atomic E-state index is 0.118. The summed E-state index contributed by atoms with van der Waals surface area (Å²) in [4.78, 5) is 40.9. The Morgan fingerprint density at radius 2 is 1.81 bits per heavy atom. The Bertz CT molecular complexity index is 1280. The second kappa shape index (κ2) is 14.5. The van der Waals surface area contributed by atoms with Gasteiger partial charge < -0.3 is 20.8 Å². The van der Waals surface area contributed by atoms with Crippen molar-refractivity contribution < 1.29 is 29.0 Å². The number of halogens is 2.